The van der Waals surface area contributed by atoms with Crippen LogP contribution in [0.5, 0.6) is 5.75 Å². The molecule has 1 N–H and O–H groups in total. The number of benzene rings is 1. The number of ether oxygens (including phenoxy) is 1. The van der Waals surface area contributed by atoms with Crippen molar-refractivity contribution in [2.75, 3.05) is 0 Å². The van der Waals surface area contributed by atoms with Crippen LogP contribution < -0.4 is 4.74 Å². The maximum absolute atomic E-state index is 12.9. The van der Waals surface area contributed by atoms with Crippen molar-refractivity contribution in [1.82, 2.24) is 0 Å². The van der Waals surface area contributed by atoms with Crippen molar-refractivity contribution in [2.45, 2.75) is 26.1 Å². The highest BCUT2D eigenvalue weighted by Crippen LogP contribution is 2.26. The third-order valence-electron chi connectivity index (χ3n) is 2.07. The van der Waals surface area contributed by atoms with E-state index in [9.17, 15) is 9.50 Å². The van der Waals surface area contributed by atoms with Crippen molar-refractivity contribution in [3.8, 4) is 5.75 Å². The molecule has 2 atom stereocenters. The highest BCUT2D eigenvalue weighted by molar-refractivity contribution is 5.35. The molecule has 0 heterocycles. The summed E-state index contributed by atoms with van der Waals surface area (Å²) in [5.74, 6) is 0.100. The van der Waals surface area contributed by atoms with Crippen LogP contribution >= 0.6 is 0 Å². The monoisotopic (exact) mass is 210 g/mol. The minimum atomic E-state index is -0.757. The van der Waals surface area contributed by atoms with Gasteiger partial charge in [-0.25, -0.2) is 4.39 Å². The van der Waals surface area contributed by atoms with E-state index in [1.165, 1.54) is 18.2 Å². The third-order valence-corrected chi connectivity index (χ3v) is 2.07. The molecule has 1 rings (SSSR count). The number of halogens is 1. The molecule has 0 aliphatic heterocycles. The molecule has 2 unspecified atom stereocenters. The minimum Gasteiger partial charge on any atom is -0.486 e. The molecule has 0 spiro atoms. The summed E-state index contributed by atoms with van der Waals surface area (Å²) in [5, 5.41) is 9.44. The van der Waals surface area contributed by atoms with Gasteiger partial charge in [0.15, 0.2) is 0 Å². The fourth-order valence-electron chi connectivity index (χ4n) is 1.20. The minimum absolute atomic E-state index is 0.173. The van der Waals surface area contributed by atoms with Crippen LogP contribution in [0.4, 0.5) is 4.39 Å². The summed E-state index contributed by atoms with van der Waals surface area (Å²) < 4.78 is 18.4. The van der Waals surface area contributed by atoms with Crippen molar-refractivity contribution >= 4 is 0 Å². The van der Waals surface area contributed by atoms with E-state index in [4.69, 9.17) is 4.74 Å². The lowest BCUT2D eigenvalue weighted by atomic mass is 10.1. The Morgan fingerprint density at radius 2 is 2.13 bits per heavy atom. The van der Waals surface area contributed by atoms with E-state index in [0.29, 0.717) is 11.3 Å². The Morgan fingerprint density at radius 3 is 2.67 bits per heavy atom. The summed E-state index contributed by atoms with van der Waals surface area (Å²) in [6, 6.07) is 4.09. The first-order valence-electron chi connectivity index (χ1n) is 4.81. The summed E-state index contributed by atoms with van der Waals surface area (Å²) in [7, 11) is 0. The van der Waals surface area contributed by atoms with Crippen LogP contribution in [-0.4, -0.2) is 11.2 Å². The molecule has 82 valence electrons. The van der Waals surface area contributed by atoms with Crippen LogP contribution in [0, 0.1) is 5.82 Å². The SMILES string of the molecule is C=CC(C)Oc1ccc(F)cc1C(C)O. The van der Waals surface area contributed by atoms with Crippen LogP contribution in [0.15, 0.2) is 30.9 Å². The van der Waals surface area contributed by atoms with Crippen LogP contribution in [-0.2, 0) is 0 Å². The van der Waals surface area contributed by atoms with E-state index < -0.39 is 6.10 Å². The first-order chi connectivity index (χ1) is 7.04. The van der Waals surface area contributed by atoms with Gasteiger partial charge in [0, 0.05) is 5.56 Å². The number of hydrogen-bond donors (Lipinski definition) is 1. The van der Waals surface area contributed by atoms with Crippen LogP contribution in [0.2, 0.25) is 0 Å². The summed E-state index contributed by atoms with van der Waals surface area (Å²) in [6.07, 6.45) is 0.704. The van der Waals surface area contributed by atoms with Gasteiger partial charge in [0.1, 0.15) is 17.7 Å². The molecule has 0 amide bonds. The van der Waals surface area contributed by atoms with E-state index in [0.717, 1.165) is 0 Å². The van der Waals surface area contributed by atoms with Gasteiger partial charge in [-0.1, -0.05) is 12.7 Å². The third kappa shape index (κ3) is 3.06. The standard InChI is InChI=1S/C12H15FO2/c1-4-8(2)15-12-6-5-10(13)7-11(12)9(3)14/h4-9,14H,1H2,2-3H3. The summed E-state index contributed by atoms with van der Waals surface area (Å²) >= 11 is 0. The molecule has 0 saturated carbocycles. The molecule has 1 aromatic rings. The Labute approximate surface area is 89.0 Å². The second kappa shape index (κ2) is 4.94. The lowest BCUT2D eigenvalue weighted by molar-refractivity contribution is 0.186. The average molecular weight is 210 g/mol. The number of hydrogen-bond acceptors (Lipinski definition) is 2. The van der Waals surface area contributed by atoms with Gasteiger partial charge in [0.2, 0.25) is 0 Å². The van der Waals surface area contributed by atoms with Crippen molar-refractivity contribution in [3.05, 3.63) is 42.2 Å². The predicted molar refractivity (Wildman–Crippen MR) is 57.3 cm³/mol. The fourth-order valence-corrected chi connectivity index (χ4v) is 1.20. The first-order valence-corrected chi connectivity index (χ1v) is 4.81. The Hall–Kier alpha value is -1.35. The van der Waals surface area contributed by atoms with Gasteiger partial charge in [-0.2, -0.15) is 0 Å². The zero-order valence-corrected chi connectivity index (χ0v) is 8.90. The van der Waals surface area contributed by atoms with Gasteiger partial charge >= 0.3 is 0 Å². The summed E-state index contributed by atoms with van der Waals surface area (Å²) in [6.45, 7) is 6.98. The molecule has 2 nitrogen and oxygen atoms in total. The Bertz CT molecular complexity index is 347. The van der Waals surface area contributed by atoms with Gasteiger partial charge in [0.25, 0.3) is 0 Å². The molecular formula is C12H15FO2. The molecule has 3 heteroatoms. The van der Waals surface area contributed by atoms with Gasteiger partial charge in [-0.05, 0) is 32.0 Å². The normalized spacial score (nSPS) is 14.4. The average Bonchev–Trinajstić information content (AvgIpc) is 2.20. The molecule has 0 radical (unpaired) electrons. The van der Waals surface area contributed by atoms with Crippen LogP contribution in [0.3, 0.4) is 0 Å². The first kappa shape index (κ1) is 11.7. The highest BCUT2D eigenvalue weighted by Gasteiger charge is 2.11. The second-order valence-electron chi connectivity index (χ2n) is 3.42. The summed E-state index contributed by atoms with van der Waals surface area (Å²) in [5.41, 5.74) is 0.448. The smallest absolute Gasteiger partial charge is 0.126 e. The van der Waals surface area contributed by atoms with Crippen molar-refractivity contribution in [3.63, 3.8) is 0 Å². The quantitative estimate of drug-likeness (QED) is 0.774. The second-order valence-corrected chi connectivity index (χ2v) is 3.42. The number of rotatable bonds is 4. The van der Waals surface area contributed by atoms with Gasteiger partial charge in [-0.3, -0.25) is 0 Å². The van der Waals surface area contributed by atoms with E-state index >= 15 is 0 Å². The number of aliphatic hydroxyl groups is 1. The lowest BCUT2D eigenvalue weighted by Crippen LogP contribution is -2.10. The van der Waals surface area contributed by atoms with Crippen molar-refractivity contribution in [1.29, 1.82) is 0 Å². The Balaban J connectivity index is 3.00. The highest BCUT2D eigenvalue weighted by atomic mass is 19.1. The summed E-state index contributed by atoms with van der Waals surface area (Å²) in [4.78, 5) is 0. The van der Waals surface area contributed by atoms with Crippen LogP contribution in [0.1, 0.15) is 25.5 Å². The molecule has 0 bridgehead atoms. The van der Waals surface area contributed by atoms with Gasteiger partial charge < -0.3 is 9.84 Å². The molecule has 15 heavy (non-hydrogen) atoms. The van der Waals surface area contributed by atoms with E-state index in [-0.39, 0.29) is 11.9 Å². The molecule has 0 saturated heterocycles. The molecule has 0 aliphatic carbocycles. The number of aliphatic hydroxyl groups excluding tert-OH is 1. The zero-order chi connectivity index (χ0) is 11.4. The van der Waals surface area contributed by atoms with E-state index in [1.807, 2.05) is 6.92 Å². The molecule has 1 aromatic carbocycles. The van der Waals surface area contributed by atoms with Crippen molar-refractivity contribution in [2.24, 2.45) is 0 Å². The predicted octanol–water partition coefficient (Wildman–Crippen LogP) is 2.83. The molecule has 0 fully saturated rings. The van der Waals surface area contributed by atoms with E-state index in [2.05, 4.69) is 6.58 Å². The van der Waals surface area contributed by atoms with E-state index in [1.54, 1.807) is 13.0 Å². The lowest BCUT2D eigenvalue weighted by Gasteiger charge is -2.16. The maximum atomic E-state index is 12.9. The topological polar surface area (TPSA) is 29.5 Å². The van der Waals surface area contributed by atoms with Crippen LogP contribution in [0.25, 0.3) is 0 Å². The molecule has 0 aliphatic rings. The molecule has 0 aromatic heterocycles. The Morgan fingerprint density at radius 1 is 1.47 bits per heavy atom. The van der Waals surface area contributed by atoms with Gasteiger partial charge in [-0.15, -0.1) is 0 Å². The Kier molecular flexibility index (Phi) is 3.86. The zero-order valence-electron chi connectivity index (χ0n) is 8.90. The molecular weight excluding hydrogens is 195 g/mol. The van der Waals surface area contributed by atoms with Gasteiger partial charge in [0.05, 0.1) is 6.10 Å². The van der Waals surface area contributed by atoms with Crippen molar-refractivity contribution < 1.29 is 14.2 Å². The fraction of sp³-hybridized carbons (Fsp3) is 0.333. The maximum Gasteiger partial charge on any atom is 0.126 e. The largest absolute Gasteiger partial charge is 0.486 e.